The molecule has 0 aromatic carbocycles. The lowest BCUT2D eigenvalue weighted by Gasteiger charge is -2.25. The molecule has 4 fully saturated rings. The fourth-order valence-corrected chi connectivity index (χ4v) is 4.05. The molecule has 2 aliphatic heterocycles. The first kappa shape index (κ1) is 14.9. The Labute approximate surface area is 131 Å². The van der Waals surface area contributed by atoms with Crippen molar-refractivity contribution < 1.29 is 23.7 Å². The molecule has 0 aromatic rings. The van der Waals surface area contributed by atoms with Crippen LogP contribution >= 0.6 is 0 Å². The third-order valence-electron chi connectivity index (χ3n) is 5.82. The lowest BCUT2D eigenvalue weighted by Crippen LogP contribution is -2.30. The van der Waals surface area contributed by atoms with Crippen LogP contribution in [-0.4, -0.2) is 42.8 Å². The molecule has 0 aromatic heterocycles. The molecule has 0 bridgehead atoms. The van der Waals surface area contributed by atoms with Gasteiger partial charge >= 0.3 is 5.97 Å². The molecule has 22 heavy (non-hydrogen) atoms. The highest BCUT2D eigenvalue weighted by atomic mass is 16.7. The van der Waals surface area contributed by atoms with E-state index in [0.717, 1.165) is 38.5 Å². The van der Waals surface area contributed by atoms with Gasteiger partial charge in [-0.1, -0.05) is 0 Å². The molecular weight excluding hydrogens is 284 g/mol. The van der Waals surface area contributed by atoms with Gasteiger partial charge in [-0.15, -0.1) is 0 Å². The Bertz CT molecular complexity index is 452. The lowest BCUT2D eigenvalue weighted by atomic mass is 9.83. The second kappa shape index (κ2) is 5.46. The molecule has 4 aliphatic rings. The SMILES string of the molecule is CC(OCC1CCC2(C)OC2C1)OC(=O)C1CCC2O[C@H]2C1. The van der Waals surface area contributed by atoms with Crippen molar-refractivity contribution in [2.75, 3.05) is 6.61 Å². The van der Waals surface area contributed by atoms with E-state index in [1.807, 2.05) is 6.92 Å². The van der Waals surface area contributed by atoms with Crippen molar-refractivity contribution in [3.8, 4) is 0 Å². The quantitative estimate of drug-likeness (QED) is 0.443. The summed E-state index contributed by atoms with van der Waals surface area (Å²) in [5.74, 6) is 0.394. The van der Waals surface area contributed by atoms with Crippen LogP contribution in [0.4, 0.5) is 0 Å². The van der Waals surface area contributed by atoms with Gasteiger partial charge in [0, 0.05) is 0 Å². The van der Waals surface area contributed by atoms with Crippen LogP contribution in [0.15, 0.2) is 0 Å². The van der Waals surface area contributed by atoms with Crippen LogP contribution in [0.5, 0.6) is 0 Å². The predicted octanol–water partition coefficient (Wildman–Crippen LogP) is 2.42. The summed E-state index contributed by atoms with van der Waals surface area (Å²) in [5.41, 5.74) is 0.151. The van der Waals surface area contributed by atoms with Gasteiger partial charge in [-0.05, 0) is 58.3 Å². The van der Waals surface area contributed by atoms with Gasteiger partial charge < -0.3 is 18.9 Å². The monoisotopic (exact) mass is 310 g/mol. The Morgan fingerprint density at radius 3 is 2.91 bits per heavy atom. The molecule has 2 saturated carbocycles. The van der Waals surface area contributed by atoms with E-state index in [1.165, 1.54) is 0 Å². The van der Waals surface area contributed by atoms with E-state index in [9.17, 15) is 4.79 Å². The lowest BCUT2D eigenvalue weighted by molar-refractivity contribution is -0.183. The first-order chi connectivity index (χ1) is 10.5. The summed E-state index contributed by atoms with van der Waals surface area (Å²) in [7, 11) is 0. The van der Waals surface area contributed by atoms with E-state index in [2.05, 4.69) is 6.92 Å². The minimum absolute atomic E-state index is 0.00921. The Morgan fingerprint density at radius 1 is 1.27 bits per heavy atom. The zero-order chi connectivity index (χ0) is 15.3. The van der Waals surface area contributed by atoms with E-state index < -0.39 is 6.29 Å². The number of rotatable bonds is 5. The van der Waals surface area contributed by atoms with Crippen LogP contribution in [0.1, 0.15) is 52.4 Å². The number of carbonyl (C=O) groups is 1. The van der Waals surface area contributed by atoms with Crippen LogP contribution in [0.2, 0.25) is 0 Å². The van der Waals surface area contributed by atoms with Crippen LogP contribution in [0.25, 0.3) is 0 Å². The minimum Gasteiger partial charge on any atom is -0.436 e. The van der Waals surface area contributed by atoms with Gasteiger partial charge in [0.2, 0.25) is 0 Å². The van der Waals surface area contributed by atoms with Gasteiger partial charge in [0.25, 0.3) is 0 Å². The molecule has 0 spiro atoms. The van der Waals surface area contributed by atoms with Gasteiger partial charge in [0.05, 0.1) is 36.4 Å². The molecule has 0 radical (unpaired) electrons. The van der Waals surface area contributed by atoms with Crippen LogP contribution in [-0.2, 0) is 23.7 Å². The molecule has 0 N–H and O–H groups in total. The molecule has 2 heterocycles. The smallest absolute Gasteiger partial charge is 0.311 e. The Balaban J connectivity index is 1.16. The maximum atomic E-state index is 12.1. The number of esters is 1. The van der Waals surface area contributed by atoms with Crippen LogP contribution in [0, 0.1) is 11.8 Å². The average Bonchev–Trinajstić information content (AvgIpc) is 3.37. The van der Waals surface area contributed by atoms with Crippen molar-refractivity contribution in [1.82, 2.24) is 0 Å². The zero-order valence-electron chi connectivity index (χ0n) is 13.5. The first-order valence-corrected chi connectivity index (χ1v) is 8.69. The molecule has 2 saturated heterocycles. The fourth-order valence-electron chi connectivity index (χ4n) is 4.05. The number of carbonyl (C=O) groups excluding carboxylic acids is 1. The van der Waals surface area contributed by atoms with E-state index in [1.54, 1.807) is 0 Å². The molecule has 7 atom stereocenters. The third-order valence-corrected chi connectivity index (χ3v) is 5.82. The molecule has 4 rings (SSSR count). The summed E-state index contributed by atoms with van der Waals surface area (Å²) in [6, 6.07) is 0. The van der Waals surface area contributed by atoms with Crippen molar-refractivity contribution in [3.05, 3.63) is 0 Å². The van der Waals surface area contributed by atoms with Crippen LogP contribution in [0.3, 0.4) is 0 Å². The second-order valence-corrected chi connectivity index (χ2v) is 7.62. The van der Waals surface area contributed by atoms with E-state index in [-0.39, 0.29) is 17.5 Å². The summed E-state index contributed by atoms with van der Waals surface area (Å²) in [5, 5.41) is 0. The maximum absolute atomic E-state index is 12.1. The van der Waals surface area contributed by atoms with Gasteiger partial charge in [0.15, 0.2) is 6.29 Å². The molecular formula is C17H26O5. The van der Waals surface area contributed by atoms with E-state index in [0.29, 0.717) is 30.8 Å². The average molecular weight is 310 g/mol. The van der Waals surface area contributed by atoms with Gasteiger partial charge in [-0.25, -0.2) is 0 Å². The Kier molecular flexibility index (Phi) is 3.70. The van der Waals surface area contributed by atoms with E-state index >= 15 is 0 Å². The highest BCUT2D eigenvalue weighted by Crippen LogP contribution is 2.49. The van der Waals surface area contributed by atoms with Crippen molar-refractivity contribution in [1.29, 1.82) is 0 Å². The Hall–Kier alpha value is -0.650. The summed E-state index contributed by atoms with van der Waals surface area (Å²) in [4.78, 5) is 12.1. The minimum atomic E-state index is -0.459. The third kappa shape index (κ3) is 3.03. The van der Waals surface area contributed by atoms with Crippen LogP contribution < -0.4 is 0 Å². The van der Waals surface area contributed by atoms with Gasteiger partial charge in [-0.3, -0.25) is 4.79 Å². The fraction of sp³-hybridized carbons (Fsp3) is 0.941. The number of fused-ring (bicyclic) bond motifs is 2. The van der Waals surface area contributed by atoms with E-state index in [4.69, 9.17) is 18.9 Å². The van der Waals surface area contributed by atoms with Gasteiger partial charge in [0.1, 0.15) is 0 Å². The highest BCUT2D eigenvalue weighted by Gasteiger charge is 2.55. The predicted molar refractivity (Wildman–Crippen MR) is 78.1 cm³/mol. The number of epoxide rings is 2. The van der Waals surface area contributed by atoms with Crippen molar-refractivity contribution in [2.24, 2.45) is 11.8 Å². The van der Waals surface area contributed by atoms with Gasteiger partial charge in [-0.2, -0.15) is 0 Å². The number of hydrogen-bond acceptors (Lipinski definition) is 5. The molecule has 5 nitrogen and oxygen atoms in total. The zero-order valence-corrected chi connectivity index (χ0v) is 13.5. The Morgan fingerprint density at radius 2 is 2.14 bits per heavy atom. The van der Waals surface area contributed by atoms with Crippen molar-refractivity contribution in [2.45, 2.75) is 82.6 Å². The molecule has 0 amide bonds. The molecule has 2 aliphatic carbocycles. The molecule has 6 unspecified atom stereocenters. The summed E-state index contributed by atoms with van der Waals surface area (Å²) < 4.78 is 22.4. The molecule has 124 valence electrons. The normalized spacial score (nSPS) is 47.1. The maximum Gasteiger partial charge on any atom is 0.311 e. The number of hydrogen-bond donors (Lipinski definition) is 0. The topological polar surface area (TPSA) is 60.6 Å². The summed E-state index contributed by atoms with van der Waals surface area (Å²) in [6.45, 7) is 4.66. The highest BCUT2D eigenvalue weighted by molar-refractivity contribution is 5.72. The van der Waals surface area contributed by atoms with Crippen molar-refractivity contribution in [3.63, 3.8) is 0 Å². The first-order valence-electron chi connectivity index (χ1n) is 8.69. The largest absolute Gasteiger partial charge is 0.436 e. The standard InChI is InChI=1S/C17H26O5/c1-10(19-9-11-5-6-17(2)15(7-11)22-17)20-16(18)12-3-4-13-14(8-12)21-13/h10-15H,3-9H2,1-2H3/t10?,11?,12?,13?,14-,15?,17?/m0/s1. The summed E-state index contributed by atoms with van der Waals surface area (Å²) in [6.07, 6.45) is 6.68. The summed E-state index contributed by atoms with van der Waals surface area (Å²) >= 11 is 0. The second-order valence-electron chi connectivity index (χ2n) is 7.62. The molecule has 5 heteroatoms. The number of ether oxygens (including phenoxy) is 4. The van der Waals surface area contributed by atoms with Crippen molar-refractivity contribution >= 4 is 5.97 Å².